The van der Waals surface area contributed by atoms with Crippen LogP contribution < -0.4 is 4.72 Å². The summed E-state index contributed by atoms with van der Waals surface area (Å²) in [5.41, 5.74) is 2.62. The summed E-state index contributed by atoms with van der Waals surface area (Å²) in [5.74, 6) is 0. The van der Waals surface area contributed by atoms with E-state index in [9.17, 15) is 8.42 Å². The van der Waals surface area contributed by atoms with Crippen LogP contribution in [0.25, 0.3) is 16.6 Å². The molecule has 3 aromatic rings. The van der Waals surface area contributed by atoms with Crippen molar-refractivity contribution in [2.24, 2.45) is 0 Å². The van der Waals surface area contributed by atoms with Crippen LogP contribution in [-0.4, -0.2) is 19.2 Å². The molecule has 0 spiro atoms. The van der Waals surface area contributed by atoms with Gasteiger partial charge in [0.1, 0.15) is 0 Å². The maximum atomic E-state index is 11.2. The molecule has 4 nitrogen and oxygen atoms in total. The number of nitrogens with zero attached hydrogens (tertiary/aromatic N) is 1. The van der Waals surface area contributed by atoms with E-state index in [-0.39, 0.29) is 0 Å². The molecule has 0 atom stereocenters. The molecule has 0 amide bonds. The minimum atomic E-state index is -3.24. The molecule has 1 radical (unpaired) electrons. The Morgan fingerprint density at radius 2 is 1.85 bits per heavy atom. The van der Waals surface area contributed by atoms with Crippen LogP contribution in [0.1, 0.15) is 0 Å². The van der Waals surface area contributed by atoms with Crippen molar-refractivity contribution in [2.45, 2.75) is 0 Å². The molecule has 1 aromatic heterocycles. The van der Waals surface area contributed by atoms with Crippen LogP contribution in [0.2, 0.25) is 0 Å². The molecule has 0 unspecified atom stereocenters. The summed E-state index contributed by atoms with van der Waals surface area (Å²) < 4.78 is 26.8. The average molecular weight is 285 g/mol. The lowest BCUT2D eigenvalue weighted by Crippen LogP contribution is -2.09. The van der Waals surface area contributed by atoms with Crippen molar-refractivity contribution in [1.29, 1.82) is 0 Å². The Bertz CT molecular complexity index is 849. The van der Waals surface area contributed by atoms with Crippen molar-refractivity contribution in [3.63, 3.8) is 0 Å². The molecule has 1 heterocycles. The molecule has 0 saturated carbocycles. The Hall–Kier alpha value is -2.27. The summed E-state index contributed by atoms with van der Waals surface area (Å²) >= 11 is 0. The average Bonchev–Trinajstić information content (AvgIpc) is 2.82. The zero-order valence-corrected chi connectivity index (χ0v) is 11.7. The minimum Gasteiger partial charge on any atom is -0.317 e. The second kappa shape index (κ2) is 4.68. The predicted octanol–water partition coefficient (Wildman–Crippen LogP) is 2.80. The molecule has 0 saturated heterocycles. The Labute approximate surface area is 117 Å². The smallest absolute Gasteiger partial charge is 0.229 e. The van der Waals surface area contributed by atoms with Crippen molar-refractivity contribution in [1.82, 2.24) is 4.57 Å². The Balaban J connectivity index is 1.99. The fourth-order valence-corrected chi connectivity index (χ4v) is 2.72. The minimum absolute atomic E-state index is 0.557. The number of hydrogen-bond donors (Lipinski definition) is 1. The number of fused-ring (bicyclic) bond motifs is 1. The molecule has 2 aromatic carbocycles. The molecule has 0 bridgehead atoms. The van der Waals surface area contributed by atoms with E-state index in [1.807, 2.05) is 47.2 Å². The molecule has 20 heavy (non-hydrogen) atoms. The summed E-state index contributed by atoms with van der Waals surface area (Å²) in [6.07, 6.45) is 3.12. The number of benzene rings is 2. The molecule has 0 fully saturated rings. The quantitative estimate of drug-likeness (QED) is 0.804. The fraction of sp³-hybridized carbons (Fsp3) is 0.0667. The lowest BCUT2D eigenvalue weighted by Gasteiger charge is -2.08. The maximum absolute atomic E-state index is 11.2. The number of aromatic nitrogens is 1. The number of rotatable bonds is 3. The molecule has 0 aliphatic rings. The van der Waals surface area contributed by atoms with E-state index < -0.39 is 10.0 Å². The van der Waals surface area contributed by atoms with Gasteiger partial charge in [-0.2, -0.15) is 0 Å². The predicted molar refractivity (Wildman–Crippen MR) is 80.6 cm³/mol. The van der Waals surface area contributed by atoms with Crippen molar-refractivity contribution < 1.29 is 8.42 Å². The fourth-order valence-electron chi connectivity index (χ4n) is 2.15. The maximum Gasteiger partial charge on any atom is 0.229 e. The van der Waals surface area contributed by atoms with Gasteiger partial charge in [0.15, 0.2) is 0 Å². The van der Waals surface area contributed by atoms with Gasteiger partial charge in [0.05, 0.1) is 11.8 Å². The van der Waals surface area contributed by atoms with Crippen molar-refractivity contribution in [3.8, 4) is 5.69 Å². The van der Waals surface area contributed by atoms with Crippen LogP contribution >= 0.6 is 0 Å². The van der Waals surface area contributed by atoms with E-state index in [2.05, 4.69) is 10.8 Å². The number of nitrogens with one attached hydrogen (secondary N) is 1. The first-order chi connectivity index (χ1) is 9.53. The molecular weight excluding hydrogens is 272 g/mol. The topological polar surface area (TPSA) is 51.1 Å². The third-order valence-electron chi connectivity index (χ3n) is 2.98. The number of sulfonamides is 1. The Kier molecular flexibility index (Phi) is 2.99. The second-order valence-electron chi connectivity index (χ2n) is 4.59. The highest BCUT2D eigenvalue weighted by Gasteiger charge is 2.04. The number of hydrogen-bond acceptors (Lipinski definition) is 2. The van der Waals surface area contributed by atoms with Gasteiger partial charge < -0.3 is 4.57 Å². The van der Waals surface area contributed by atoms with Crippen LogP contribution in [-0.2, 0) is 10.0 Å². The van der Waals surface area contributed by atoms with Gasteiger partial charge in [-0.05, 0) is 48.5 Å². The normalized spacial score (nSPS) is 11.7. The third kappa shape index (κ3) is 2.53. The van der Waals surface area contributed by atoms with E-state index in [0.29, 0.717) is 5.69 Å². The second-order valence-corrected chi connectivity index (χ2v) is 6.34. The van der Waals surface area contributed by atoms with Crippen molar-refractivity contribution in [3.05, 3.63) is 60.8 Å². The number of anilines is 1. The summed E-state index contributed by atoms with van der Waals surface area (Å²) in [4.78, 5) is 0. The highest BCUT2D eigenvalue weighted by Crippen LogP contribution is 2.21. The van der Waals surface area contributed by atoms with Gasteiger partial charge in [-0.25, -0.2) is 8.42 Å². The molecule has 101 valence electrons. The van der Waals surface area contributed by atoms with Gasteiger partial charge in [-0.1, -0.05) is 6.07 Å². The van der Waals surface area contributed by atoms with Crippen LogP contribution in [0.5, 0.6) is 0 Å². The molecule has 1 N–H and O–H groups in total. The monoisotopic (exact) mass is 285 g/mol. The first-order valence-electron chi connectivity index (χ1n) is 6.08. The first-order valence-corrected chi connectivity index (χ1v) is 7.97. The lowest BCUT2D eigenvalue weighted by molar-refractivity contribution is 0.607. The Morgan fingerprint density at radius 3 is 2.55 bits per heavy atom. The highest BCUT2D eigenvalue weighted by atomic mass is 32.2. The summed E-state index contributed by atoms with van der Waals surface area (Å²) in [7, 11) is -3.24. The molecule has 0 aliphatic heterocycles. The van der Waals surface area contributed by atoms with Crippen molar-refractivity contribution >= 4 is 26.6 Å². The lowest BCUT2D eigenvalue weighted by atomic mass is 10.2. The van der Waals surface area contributed by atoms with Gasteiger partial charge >= 0.3 is 0 Å². The molecular formula is C15H13N2O2S. The van der Waals surface area contributed by atoms with E-state index in [4.69, 9.17) is 0 Å². The first kappa shape index (κ1) is 12.7. The van der Waals surface area contributed by atoms with Gasteiger partial charge in [-0.15, -0.1) is 0 Å². The van der Waals surface area contributed by atoms with E-state index in [1.54, 1.807) is 12.1 Å². The van der Waals surface area contributed by atoms with Gasteiger partial charge in [0, 0.05) is 23.0 Å². The van der Waals surface area contributed by atoms with Crippen LogP contribution in [0, 0.1) is 6.07 Å². The Morgan fingerprint density at radius 1 is 1.10 bits per heavy atom. The zero-order valence-electron chi connectivity index (χ0n) is 10.9. The van der Waals surface area contributed by atoms with Crippen LogP contribution in [0.4, 0.5) is 5.69 Å². The van der Waals surface area contributed by atoms with Crippen LogP contribution in [0.15, 0.2) is 54.7 Å². The summed E-state index contributed by atoms with van der Waals surface area (Å²) in [6, 6.07) is 18.1. The molecule has 3 rings (SSSR count). The van der Waals surface area contributed by atoms with E-state index in [1.165, 1.54) is 0 Å². The van der Waals surface area contributed by atoms with E-state index in [0.717, 1.165) is 22.8 Å². The third-order valence-corrected chi connectivity index (χ3v) is 3.59. The van der Waals surface area contributed by atoms with Gasteiger partial charge in [-0.3, -0.25) is 4.72 Å². The highest BCUT2D eigenvalue weighted by molar-refractivity contribution is 7.92. The van der Waals surface area contributed by atoms with Gasteiger partial charge in [0.25, 0.3) is 0 Å². The van der Waals surface area contributed by atoms with E-state index >= 15 is 0 Å². The standard InChI is InChI=1S/C15H13N2O2S/c1-20(18,19)16-13-6-8-14(9-7-13)17-11-10-12-4-2-3-5-15(12)17/h3-11,16H,1H3. The largest absolute Gasteiger partial charge is 0.317 e. The van der Waals surface area contributed by atoms with Crippen molar-refractivity contribution in [2.75, 3.05) is 11.0 Å². The zero-order chi connectivity index (χ0) is 14.2. The van der Waals surface area contributed by atoms with Gasteiger partial charge in [0.2, 0.25) is 10.0 Å². The van der Waals surface area contributed by atoms with Crippen LogP contribution in [0.3, 0.4) is 0 Å². The summed E-state index contributed by atoms with van der Waals surface area (Å²) in [6.45, 7) is 0. The SMILES string of the molecule is CS(=O)(=O)Nc1ccc(-n2ccc3c[c]ccc32)cc1. The summed E-state index contributed by atoms with van der Waals surface area (Å²) in [5, 5.41) is 1.12. The molecule has 5 heteroatoms. The molecule has 0 aliphatic carbocycles.